The summed E-state index contributed by atoms with van der Waals surface area (Å²) >= 11 is 0. The molecule has 0 saturated carbocycles. The van der Waals surface area contributed by atoms with Crippen LogP contribution in [0, 0.1) is 0 Å². The number of likely N-dealkylation sites (tertiary alicyclic amines) is 1. The molecule has 10 nitrogen and oxygen atoms in total. The van der Waals surface area contributed by atoms with E-state index in [0.29, 0.717) is 42.0 Å². The highest BCUT2D eigenvalue weighted by Crippen LogP contribution is 2.42. The quantitative estimate of drug-likeness (QED) is 0.510. The molecule has 4 heterocycles. The van der Waals surface area contributed by atoms with Crippen LogP contribution in [0.3, 0.4) is 0 Å². The maximum Gasteiger partial charge on any atom is 0.280 e. The number of rotatable bonds is 5. The third-order valence-corrected chi connectivity index (χ3v) is 6.84. The molecule has 3 amide bonds. The van der Waals surface area contributed by atoms with Crippen LogP contribution in [0.4, 0.5) is 20.4 Å². The van der Waals surface area contributed by atoms with E-state index in [1.807, 2.05) is 4.57 Å². The molecule has 3 aromatic rings. The maximum absolute atomic E-state index is 13.2. The largest absolute Gasteiger partial charge is 0.481 e. The minimum absolute atomic E-state index is 0.00380. The monoisotopic (exact) mass is 524 g/mol. The molecule has 0 spiro atoms. The second-order valence-corrected chi connectivity index (χ2v) is 9.19. The van der Waals surface area contributed by atoms with E-state index in [1.165, 1.54) is 17.0 Å². The van der Waals surface area contributed by atoms with Crippen molar-refractivity contribution in [2.75, 3.05) is 37.0 Å². The molecule has 1 N–H and O–H groups in total. The van der Waals surface area contributed by atoms with E-state index in [4.69, 9.17) is 4.74 Å². The number of alkyl halides is 2. The van der Waals surface area contributed by atoms with Crippen LogP contribution in [0.5, 0.6) is 5.75 Å². The van der Waals surface area contributed by atoms with Gasteiger partial charge in [-0.1, -0.05) is 6.58 Å². The van der Waals surface area contributed by atoms with E-state index in [0.717, 1.165) is 25.1 Å². The van der Waals surface area contributed by atoms with Crippen LogP contribution in [0.1, 0.15) is 47.8 Å². The predicted molar refractivity (Wildman–Crippen MR) is 135 cm³/mol. The lowest BCUT2D eigenvalue weighted by Crippen LogP contribution is -2.37. The second-order valence-electron chi connectivity index (χ2n) is 9.19. The summed E-state index contributed by atoms with van der Waals surface area (Å²) in [6, 6.07) is 5.50. The van der Waals surface area contributed by atoms with Gasteiger partial charge in [0.25, 0.3) is 18.2 Å². The van der Waals surface area contributed by atoms with Gasteiger partial charge >= 0.3 is 0 Å². The zero-order chi connectivity index (χ0) is 27.0. The van der Waals surface area contributed by atoms with Gasteiger partial charge < -0.3 is 19.1 Å². The Morgan fingerprint density at radius 1 is 1.26 bits per heavy atom. The Morgan fingerprint density at radius 2 is 2.08 bits per heavy atom. The van der Waals surface area contributed by atoms with Crippen molar-refractivity contribution in [3.8, 4) is 5.75 Å². The lowest BCUT2D eigenvalue weighted by Gasteiger charge is -2.30. The standard InChI is InChI=1S/C26H26F2N6O4/c1-3-20(35)33-11-5-4-6-16(13-33)34-22-17(7-8-19-23(22)32(2)21(36)14-38-19)30-26(34)31-25(37)15-9-10-29-18(12-15)24(27)28/h3,7-10,12,16,24H,1,4-6,11,13-14H2,2H3,(H,30,31,37)/t16-/m1/s1. The van der Waals surface area contributed by atoms with Crippen LogP contribution in [0.25, 0.3) is 11.0 Å². The van der Waals surface area contributed by atoms with Gasteiger partial charge in [-0.15, -0.1) is 0 Å². The molecule has 1 atom stereocenters. The fraction of sp³-hybridized carbons (Fsp3) is 0.346. The zero-order valence-electron chi connectivity index (χ0n) is 20.7. The summed E-state index contributed by atoms with van der Waals surface area (Å²) in [4.78, 5) is 49.7. The lowest BCUT2D eigenvalue weighted by molar-refractivity contribution is -0.126. The van der Waals surface area contributed by atoms with Crippen molar-refractivity contribution in [2.45, 2.75) is 31.7 Å². The Morgan fingerprint density at radius 3 is 2.84 bits per heavy atom. The van der Waals surface area contributed by atoms with Crippen LogP contribution in [0.2, 0.25) is 0 Å². The van der Waals surface area contributed by atoms with Gasteiger partial charge in [-0.05, 0) is 49.6 Å². The van der Waals surface area contributed by atoms with E-state index in [1.54, 1.807) is 24.1 Å². The molecule has 2 aliphatic heterocycles. The van der Waals surface area contributed by atoms with Gasteiger partial charge in [-0.2, -0.15) is 0 Å². The Bertz CT molecular complexity index is 1440. The minimum Gasteiger partial charge on any atom is -0.481 e. The van der Waals surface area contributed by atoms with Gasteiger partial charge in [-0.3, -0.25) is 24.7 Å². The second kappa shape index (κ2) is 10.2. The van der Waals surface area contributed by atoms with E-state index in [2.05, 4.69) is 21.9 Å². The number of benzene rings is 1. The molecule has 0 unspecified atom stereocenters. The topological polar surface area (TPSA) is 110 Å². The Kier molecular flexibility index (Phi) is 6.79. The molecule has 2 aromatic heterocycles. The highest BCUT2D eigenvalue weighted by atomic mass is 19.3. The van der Waals surface area contributed by atoms with Gasteiger partial charge in [-0.25, -0.2) is 13.8 Å². The Balaban J connectivity index is 1.64. The number of carbonyl (C=O) groups is 3. The fourth-order valence-corrected chi connectivity index (χ4v) is 4.94. The number of hydrogen-bond donors (Lipinski definition) is 1. The van der Waals surface area contributed by atoms with Crippen molar-refractivity contribution >= 4 is 40.4 Å². The first-order valence-corrected chi connectivity index (χ1v) is 12.2. The number of anilines is 2. The SMILES string of the molecule is C=CC(=O)N1CCCC[C@@H](n2c(NC(=O)c3ccnc(C(F)F)c3)nc3ccc4c(c32)N(C)C(=O)CO4)C1. The lowest BCUT2D eigenvalue weighted by atomic mass is 10.1. The summed E-state index contributed by atoms with van der Waals surface area (Å²) in [7, 11) is 1.64. The number of halogens is 2. The Hall–Kier alpha value is -4.35. The fourth-order valence-electron chi connectivity index (χ4n) is 4.94. The van der Waals surface area contributed by atoms with Gasteiger partial charge in [0, 0.05) is 31.9 Å². The van der Waals surface area contributed by atoms with Crippen LogP contribution in [-0.2, 0) is 9.59 Å². The van der Waals surface area contributed by atoms with Gasteiger partial charge in [0.15, 0.2) is 6.61 Å². The van der Waals surface area contributed by atoms with Crippen molar-refractivity contribution in [3.05, 3.63) is 54.4 Å². The summed E-state index contributed by atoms with van der Waals surface area (Å²) in [6.45, 7) is 4.38. The number of likely N-dealkylation sites (N-methyl/N-ethyl adjacent to an activating group) is 1. The number of nitrogens with one attached hydrogen (secondary N) is 1. The van der Waals surface area contributed by atoms with E-state index < -0.39 is 18.0 Å². The van der Waals surface area contributed by atoms with Gasteiger partial charge in [0.05, 0.1) is 17.1 Å². The number of aromatic nitrogens is 3. The molecule has 12 heteroatoms. The Labute approximate surface area is 216 Å². The first-order valence-electron chi connectivity index (χ1n) is 12.2. The molecule has 0 aliphatic carbocycles. The summed E-state index contributed by atoms with van der Waals surface area (Å²) < 4.78 is 33.9. The third kappa shape index (κ3) is 4.57. The molecule has 198 valence electrons. The number of hydrogen-bond acceptors (Lipinski definition) is 6. The summed E-state index contributed by atoms with van der Waals surface area (Å²) in [5, 5.41) is 2.76. The molecule has 38 heavy (non-hydrogen) atoms. The summed E-state index contributed by atoms with van der Waals surface area (Å²) in [5.74, 6) is -0.446. The predicted octanol–water partition coefficient (Wildman–Crippen LogP) is 3.72. The van der Waals surface area contributed by atoms with E-state index >= 15 is 0 Å². The number of pyridine rings is 1. The molecule has 0 bridgehead atoms. The summed E-state index contributed by atoms with van der Waals surface area (Å²) in [5.41, 5.74) is 1.05. The van der Waals surface area contributed by atoms with Crippen molar-refractivity contribution in [2.24, 2.45) is 0 Å². The number of amides is 3. The average Bonchev–Trinajstić information content (AvgIpc) is 3.10. The third-order valence-electron chi connectivity index (χ3n) is 6.84. The first-order chi connectivity index (χ1) is 18.3. The van der Waals surface area contributed by atoms with Crippen LogP contribution >= 0.6 is 0 Å². The highest BCUT2D eigenvalue weighted by molar-refractivity contribution is 6.08. The average molecular weight is 525 g/mol. The number of nitrogens with zero attached hydrogens (tertiary/aromatic N) is 5. The molecule has 1 saturated heterocycles. The van der Waals surface area contributed by atoms with Crippen LogP contribution < -0.4 is 15.0 Å². The van der Waals surface area contributed by atoms with E-state index in [9.17, 15) is 23.2 Å². The minimum atomic E-state index is -2.83. The first kappa shape index (κ1) is 25.3. The normalized spacial score (nSPS) is 17.7. The van der Waals surface area contributed by atoms with Crippen molar-refractivity contribution in [1.29, 1.82) is 0 Å². The molecule has 2 aliphatic rings. The van der Waals surface area contributed by atoms with Crippen molar-refractivity contribution in [1.82, 2.24) is 19.4 Å². The van der Waals surface area contributed by atoms with Crippen LogP contribution in [-0.4, -0.2) is 63.9 Å². The number of ether oxygens (including phenoxy) is 1. The van der Waals surface area contributed by atoms with Gasteiger partial charge in [0.2, 0.25) is 11.9 Å². The smallest absolute Gasteiger partial charge is 0.280 e. The van der Waals surface area contributed by atoms with E-state index in [-0.39, 0.29) is 36.0 Å². The molecule has 0 radical (unpaired) electrons. The number of carbonyl (C=O) groups excluding carboxylic acids is 3. The number of imidazole rings is 1. The molecular formula is C26H26F2N6O4. The molecule has 1 aromatic carbocycles. The van der Waals surface area contributed by atoms with Crippen molar-refractivity contribution in [3.63, 3.8) is 0 Å². The van der Waals surface area contributed by atoms with Crippen LogP contribution in [0.15, 0.2) is 43.1 Å². The highest BCUT2D eigenvalue weighted by Gasteiger charge is 2.32. The van der Waals surface area contributed by atoms with Crippen molar-refractivity contribution < 1.29 is 27.9 Å². The molecule has 5 rings (SSSR count). The molecule has 1 fully saturated rings. The number of fused-ring (bicyclic) bond motifs is 3. The summed E-state index contributed by atoms with van der Waals surface area (Å²) in [6.07, 6.45) is 1.85. The maximum atomic E-state index is 13.2. The van der Waals surface area contributed by atoms with Gasteiger partial charge in [0.1, 0.15) is 17.1 Å². The zero-order valence-corrected chi connectivity index (χ0v) is 20.7. The molecular weight excluding hydrogens is 498 g/mol.